The number of halogens is 2. The van der Waals surface area contributed by atoms with E-state index in [-0.39, 0.29) is 11.7 Å². The number of hydrogen-bond acceptors (Lipinski definition) is 4. The van der Waals surface area contributed by atoms with Crippen LogP contribution in [0.1, 0.15) is 10.4 Å². The van der Waals surface area contributed by atoms with E-state index >= 15 is 0 Å². The van der Waals surface area contributed by atoms with Gasteiger partial charge in [-0.05, 0) is 35.0 Å². The van der Waals surface area contributed by atoms with E-state index in [1.54, 1.807) is 0 Å². The Morgan fingerprint density at radius 3 is 2.54 bits per heavy atom. The standard InChI is InChI=1S/C21H14F2N2O2S/c22-20(23)27-15-10-8-14(9-11-15)19(26)25-21-24-18(12-28-21)17-7-3-5-13-4-1-2-6-16(13)17/h1-12,20H,(H,24,25,26). The number of aromatic nitrogens is 1. The van der Waals surface area contributed by atoms with Crippen molar-refractivity contribution in [1.82, 2.24) is 4.98 Å². The van der Waals surface area contributed by atoms with E-state index in [0.29, 0.717) is 10.7 Å². The van der Waals surface area contributed by atoms with Crippen LogP contribution in [0.3, 0.4) is 0 Å². The first-order valence-electron chi connectivity index (χ1n) is 8.40. The van der Waals surface area contributed by atoms with Crippen LogP contribution in [0, 0.1) is 0 Å². The molecule has 0 aliphatic rings. The Morgan fingerprint density at radius 1 is 1.00 bits per heavy atom. The Kier molecular flexibility index (Phi) is 4.99. The maximum atomic E-state index is 12.4. The summed E-state index contributed by atoms with van der Waals surface area (Å²) in [5.41, 5.74) is 2.09. The molecule has 28 heavy (non-hydrogen) atoms. The predicted molar refractivity (Wildman–Crippen MR) is 106 cm³/mol. The summed E-state index contributed by atoms with van der Waals surface area (Å²) in [6, 6.07) is 19.5. The zero-order valence-electron chi connectivity index (χ0n) is 14.4. The molecule has 7 heteroatoms. The number of thiazole rings is 1. The van der Waals surface area contributed by atoms with Gasteiger partial charge in [-0.25, -0.2) is 4.98 Å². The van der Waals surface area contributed by atoms with Crippen LogP contribution in [0.25, 0.3) is 22.0 Å². The molecular formula is C21H14F2N2O2S. The smallest absolute Gasteiger partial charge is 0.387 e. The SMILES string of the molecule is O=C(Nc1nc(-c2cccc3ccccc23)cs1)c1ccc(OC(F)F)cc1. The second-order valence-corrected chi connectivity index (χ2v) is 6.78. The number of fused-ring (bicyclic) bond motifs is 1. The van der Waals surface area contributed by atoms with Gasteiger partial charge in [-0.3, -0.25) is 10.1 Å². The molecule has 140 valence electrons. The van der Waals surface area contributed by atoms with Crippen molar-refractivity contribution < 1.29 is 18.3 Å². The molecule has 1 heterocycles. The number of carbonyl (C=O) groups excluding carboxylic acids is 1. The number of hydrogen-bond donors (Lipinski definition) is 1. The molecule has 3 aromatic carbocycles. The average molecular weight is 396 g/mol. The van der Waals surface area contributed by atoms with Gasteiger partial charge >= 0.3 is 6.61 Å². The first-order chi connectivity index (χ1) is 13.6. The van der Waals surface area contributed by atoms with Crippen molar-refractivity contribution in [2.75, 3.05) is 5.32 Å². The average Bonchev–Trinajstić information content (AvgIpc) is 3.16. The summed E-state index contributed by atoms with van der Waals surface area (Å²) in [5.74, 6) is -0.374. The zero-order chi connectivity index (χ0) is 19.5. The summed E-state index contributed by atoms with van der Waals surface area (Å²) >= 11 is 1.32. The first-order valence-corrected chi connectivity index (χ1v) is 9.28. The molecule has 0 aliphatic heterocycles. The summed E-state index contributed by atoms with van der Waals surface area (Å²) in [6.45, 7) is -2.90. The van der Waals surface area contributed by atoms with Crippen LogP contribution in [-0.4, -0.2) is 17.5 Å². The van der Waals surface area contributed by atoms with Gasteiger partial charge in [-0.2, -0.15) is 8.78 Å². The molecule has 0 aliphatic carbocycles. The van der Waals surface area contributed by atoms with E-state index in [9.17, 15) is 13.6 Å². The minimum atomic E-state index is -2.90. The van der Waals surface area contributed by atoms with Gasteiger partial charge in [0.05, 0.1) is 5.69 Å². The molecule has 0 atom stereocenters. The van der Waals surface area contributed by atoms with Crippen LogP contribution in [0.5, 0.6) is 5.75 Å². The highest BCUT2D eigenvalue weighted by Gasteiger charge is 2.12. The lowest BCUT2D eigenvalue weighted by atomic mass is 10.0. The van der Waals surface area contributed by atoms with Gasteiger partial charge in [-0.1, -0.05) is 42.5 Å². The summed E-state index contributed by atoms with van der Waals surface area (Å²) in [5, 5.41) is 7.28. The third-order valence-electron chi connectivity index (χ3n) is 4.13. The number of rotatable bonds is 5. The Bertz CT molecular complexity index is 1120. The van der Waals surface area contributed by atoms with Crippen molar-refractivity contribution in [2.24, 2.45) is 0 Å². The van der Waals surface area contributed by atoms with Crippen LogP contribution in [0.2, 0.25) is 0 Å². The minimum absolute atomic E-state index is 0.000888. The van der Waals surface area contributed by atoms with Crippen LogP contribution in [0.15, 0.2) is 72.1 Å². The molecular weight excluding hydrogens is 382 g/mol. The Hall–Kier alpha value is -3.32. The second kappa shape index (κ2) is 7.74. The van der Waals surface area contributed by atoms with Crippen LogP contribution >= 0.6 is 11.3 Å². The van der Waals surface area contributed by atoms with Crippen molar-refractivity contribution in [3.8, 4) is 17.0 Å². The lowest BCUT2D eigenvalue weighted by molar-refractivity contribution is -0.0498. The highest BCUT2D eigenvalue weighted by atomic mass is 32.1. The Morgan fingerprint density at radius 2 is 1.75 bits per heavy atom. The summed E-state index contributed by atoms with van der Waals surface area (Å²) in [7, 11) is 0. The van der Waals surface area contributed by atoms with Gasteiger partial charge in [0.15, 0.2) is 5.13 Å². The molecule has 1 amide bonds. The third-order valence-corrected chi connectivity index (χ3v) is 4.89. The molecule has 4 rings (SSSR count). The number of alkyl halides is 2. The van der Waals surface area contributed by atoms with Crippen LogP contribution in [0.4, 0.5) is 13.9 Å². The number of benzene rings is 3. The van der Waals surface area contributed by atoms with Crippen molar-refractivity contribution >= 4 is 33.1 Å². The van der Waals surface area contributed by atoms with Gasteiger partial charge in [-0.15, -0.1) is 11.3 Å². The number of amides is 1. The molecule has 0 fully saturated rings. The van der Waals surface area contributed by atoms with Gasteiger partial charge in [0, 0.05) is 16.5 Å². The van der Waals surface area contributed by atoms with Gasteiger partial charge in [0.25, 0.3) is 5.91 Å². The summed E-state index contributed by atoms with van der Waals surface area (Å²) in [4.78, 5) is 16.9. The highest BCUT2D eigenvalue weighted by molar-refractivity contribution is 7.14. The van der Waals surface area contributed by atoms with Crippen LogP contribution < -0.4 is 10.1 Å². The van der Waals surface area contributed by atoms with Crippen molar-refractivity contribution in [3.05, 3.63) is 77.7 Å². The maximum absolute atomic E-state index is 12.4. The monoisotopic (exact) mass is 396 g/mol. The lowest BCUT2D eigenvalue weighted by Crippen LogP contribution is -2.11. The molecule has 0 saturated carbocycles. The van der Waals surface area contributed by atoms with E-state index in [1.165, 1.54) is 35.6 Å². The Labute approximate surface area is 163 Å². The zero-order valence-corrected chi connectivity index (χ0v) is 15.2. The number of nitrogens with one attached hydrogen (secondary N) is 1. The summed E-state index contributed by atoms with van der Waals surface area (Å²) < 4.78 is 28.7. The molecule has 1 N–H and O–H groups in total. The summed E-state index contributed by atoms with van der Waals surface area (Å²) in [6.07, 6.45) is 0. The Balaban J connectivity index is 1.52. The van der Waals surface area contributed by atoms with Gasteiger partial charge in [0.1, 0.15) is 5.75 Å². The fraction of sp³-hybridized carbons (Fsp3) is 0.0476. The van der Waals surface area contributed by atoms with Gasteiger partial charge < -0.3 is 4.74 Å². The number of carbonyl (C=O) groups is 1. The van der Waals surface area contributed by atoms with Crippen LogP contribution in [-0.2, 0) is 0 Å². The highest BCUT2D eigenvalue weighted by Crippen LogP contribution is 2.31. The normalized spacial score (nSPS) is 11.0. The molecule has 0 unspecified atom stereocenters. The van der Waals surface area contributed by atoms with Crippen molar-refractivity contribution in [1.29, 1.82) is 0 Å². The lowest BCUT2D eigenvalue weighted by Gasteiger charge is -2.06. The van der Waals surface area contributed by atoms with E-state index < -0.39 is 6.61 Å². The molecule has 4 aromatic rings. The second-order valence-electron chi connectivity index (χ2n) is 5.92. The first kappa shape index (κ1) is 18.1. The molecule has 0 saturated heterocycles. The molecule has 0 radical (unpaired) electrons. The van der Waals surface area contributed by atoms with Crippen molar-refractivity contribution in [3.63, 3.8) is 0 Å². The fourth-order valence-corrected chi connectivity index (χ4v) is 3.57. The maximum Gasteiger partial charge on any atom is 0.387 e. The number of anilines is 1. The number of nitrogens with zero attached hydrogens (tertiary/aromatic N) is 1. The molecule has 4 nitrogen and oxygen atoms in total. The quantitative estimate of drug-likeness (QED) is 0.463. The largest absolute Gasteiger partial charge is 0.435 e. The van der Waals surface area contributed by atoms with E-state index in [4.69, 9.17) is 0 Å². The predicted octanol–water partition coefficient (Wildman–Crippen LogP) is 5.82. The van der Waals surface area contributed by atoms with E-state index in [1.807, 2.05) is 47.8 Å². The van der Waals surface area contributed by atoms with Gasteiger partial charge in [0.2, 0.25) is 0 Å². The molecule has 0 spiro atoms. The van der Waals surface area contributed by atoms with E-state index in [0.717, 1.165) is 22.0 Å². The number of ether oxygens (including phenoxy) is 1. The molecule has 0 bridgehead atoms. The topological polar surface area (TPSA) is 51.2 Å². The van der Waals surface area contributed by atoms with E-state index in [2.05, 4.69) is 15.0 Å². The fourth-order valence-electron chi connectivity index (χ4n) is 2.86. The molecule has 1 aromatic heterocycles. The third kappa shape index (κ3) is 3.84. The minimum Gasteiger partial charge on any atom is -0.435 e. The van der Waals surface area contributed by atoms with Crippen molar-refractivity contribution in [2.45, 2.75) is 6.61 Å².